The second kappa shape index (κ2) is 7.77. The average Bonchev–Trinajstić information content (AvgIpc) is 2.59. The topological polar surface area (TPSA) is 116 Å². The lowest BCUT2D eigenvalue weighted by Gasteiger charge is -2.10. The molecule has 0 aliphatic rings. The molecule has 24 heavy (non-hydrogen) atoms. The quantitative estimate of drug-likeness (QED) is 0.460. The van der Waals surface area contributed by atoms with Gasteiger partial charge < -0.3 is 0 Å². The molecule has 0 unspecified atom stereocenters. The highest BCUT2D eigenvalue weighted by molar-refractivity contribution is 7.89. The molecular formula is C14H13ClN4O4S. The number of halogens is 1. The van der Waals surface area contributed by atoms with Crippen LogP contribution in [0.5, 0.6) is 0 Å². The Kier molecular flexibility index (Phi) is 5.74. The first kappa shape index (κ1) is 17.7. The van der Waals surface area contributed by atoms with Gasteiger partial charge in [-0.15, -0.1) is 4.83 Å². The van der Waals surface area contributed by atoms with Gasteiger partial charge in [-0.05, 0) is 36.4 Å². The molecule has 2 amide bonds. The molecule has 0 fully saturated rings. The van der Waals surface area contributed by atoms with E-state index in [9.17, 15) is 18.0 Å². The molecule has 0 saturated heterocycles. The number of anilines is 1. The van der Waals surface area contributed by atoms with Gasteiger partial charge in [-0.3, -0.25) is 25.9 Å². The lowest BCUT2D eigenvalue weighted by molar-refractivity contribution is -0.139. The molecular weight excluding hydrogens is 356 g/mol. The minimum absolute atomic E-state index is 0.116. The van der Waals surface area contributed by atoms with Crippen LogP contribution in [0.2, 0.25) is 5.02 Å². The van der Waals surface area contributed by atoms with Crippen LogP contribution in [0.3, 0.4) is 0 Å². The van der Waals surface area contributed by atoms with Crippen molar-refractivity contribution in [1.29, 1.82) is 0 Å². The highest BCUT2D eigenvalue weighted by atomic mass is 35.5. The molecule has 0 radical (unpaired) electrons. The van der Waals surface area contributed by atoms with Crippen LogP contribution in [-0.4, -0.2) is 20.2 Å². The molecule has 0 aliphatic carbocycles. The first-order valence-electron chi connectivity index (χ1n) is 6.57. The Hall–Kier alpha value is -2.62. The van der Waals surface area contributed by atoms with Gasteiger partial charge in [0.1, 0.15) is 0 Å². The summed E-state index contributed by atoms with van der Waals surface area (Å²) in [6.45, 7) is 0. The summed E-state index contributed by atoms with van der Waals surface area (Å²) in [6, 6.07) is 13.9. The van der Waals surface area contributed by atoms with Crippen molar-refractivity contribution < 1.29 is 18.0 Å². The summed E-state index contributed by atoms with van der Waals surface area (Å²) in [5.41, 5.74) is 7.00. The zero-order valence-corrected chi connectivity index (χ0v) is 13.7. The molecule has 2 aromatic carbocycles. The monoisotopic (exact) mass is 368 g/mol. The number of hydrazine groups is 2. The van der Waals surface area contributed by atoms with Crippen LogP contribution in [0.25, 0.3) is 0 Å². The second-order valence-corrected chi connectivity index (χ2v) is 6.58. The summed E-state index contributed by atoms with van der Waals surface area (Å²) in [5.74, 6) is -2.26. The predicted octanol–water partition coefficient (Wildman–Crippen LogP) is 0.793. The molecule has 4 N–H and O–H groups in total. The van der Waals surface area contributed by atoms with Gasteiger partial charge in [0.25, 0.3) is 10.0 Å². The van der Waals surface area contributed by atoms with Crippen molar-refractivity contribution in [1.82, 2.24) is 15.7 Å². The van der Waals surface area contributed by atoms with E-state index in [4.69, 9.17) is 11.6 Å². The van der Waals surface area contributed by atoms with Crippen molar-refractivity contribution in [3.8, 4) is 0 Å². The lowest BCUT2D eigenvalue weighted by atomic mass is 10.3. The van der Waals surface area contributed by atoms with Gasteiger partial charge in [0.05, 0.1) is 10.6 Å². The van der Waals surface area contributed by atoms with E-state index in [1.54, 1.807) is 30.3 Å². The number of carbonyl (C=O) groups excluding carboxylic acids is 2. The van der Waals surface area contributed by atoms with Crippen LogP contribution in [0.4, 0.5) is 5.69 Å². The van der Waals surface area contributed by atoms with E-state index in [0.29, 0.717) is 10.7 Å². The second-order valence-electron chi connectivity index (χ2n) is 4.46. The number of benzene rings is 2. The SMILES string of the molecule is O=C(NNc1ccccc1)C(=O)NNS(=O)(=O)c1ccc(Cl)cc1. The number of nitrogens with one attached hydrogen (secondary N) is 4. The highest BCUT2D eigenvalue weighted by Crippen LogP contribution is 2.13. The van der Waals surface area contributed by atoms with Gasteiger partial charge in [-0.2, -0.15) is 0 Å². The number of carbonyl (C=O) groups is 2. The molecule has 126 valence electrons. The van der Waals surface area contributed by atoms with Crippen molar-refractivity contribution in [2.45, 2.75) is 4.90 Å². The fourth-order valence-electron chi connectivity index (χ4n) is 1.55. The molecule has 0 atom stereocenters. The van der Waals surface area contributed by atoms with Gasteiger partial charge in [-0.25, -0.2) is 8.42 Å². The minimum atomic E-state index is -4.01. The first-order chi connectivity index (χ1) is 11.4. The maximum absolute atomic E-state index is 11.9. The molecule has 0 aliphatic heterocycles. The Bertz CT molecular complexity index is 826. The van der Waals surface area contributed by atoms with Gasteiger partial charge in [0.15, 0.2) is 0 Å². The Morgan fingerprint density at radius 2 is 1.42 bits per heavy atom. The van der Waals surface area contributed by atoms with Gasteiger partial charge >= 0.3 is 11.8 Å². The molecule has 8 nitrogen and oxygen atoms in total. The zero-order chi connectivity index (χ0) is 17.6. The highest BCUT2D eigenvalue weighted by Gasteiger charge is 2.18. The normalized spacial score (nSPS) is 10.7. The zero-order valence-electron chi connectivity index (χ0n) is 12.1. The minimum Gasteiger partial charge on any atom is -0.298 e. The molecule has 0 heterocycles. The van der Waals surface area contributed by atoms with E-state index in [1.165, 1.54) is 24.3 Å². The molecule has 0 spiro atoms. The van der Waals surface area contributed by atoms with Crippen molar-refractivity contribution in [2.75, 3.05) is 5.43 Å². The summed E-state index contributed by atoms with van der Waals surface area (Å²) in [7, 11) is -4.01. The summed E-state index contributed by atoms with van der Waals surface area (Å²) in [5, 5.41) is 0.365. The Morgan fingerprint density at radius 3 is 2.04 bits per heavy atom. The van der Waals surface area contributed by atoms with Crippen LogP contribution in [0.15, 0.2) is 59.5 Å². The lowest BCUT2D eigenvalue weighted by Crippen LogP contribution is -2.49. The van der Waals surface area contributed by atoms with E-state index in [0.717, 1.165) is 0 Å². The van der Waals surface area contributed by atoms with E-state index in [-0.39, 0.29) is 4.90 Å². The van der Waals surface area contributed by atoms with Gasteiger partial charge in [0.2, 0.25) is 0 Å². The summed E-state index contributed by atoms with van der Waals surface area (Å²) < 4.78 is 23.9. The largest absolute Gasteiger partial charge is 0.329 e. The van der Waals surface area contributed by atoms with Gasteiger partial charge in [0, 0.05) is 5.02 Å². The van der Waals surface area contributed by atoms with E-state index in [1.807, 2.05) is 10.3 Å². The summed E-state index contributed by atoms with van der Waals surface area (Å²) >= 11 is 5.67. The Balaban J connectivity index is 1.87. The van der Waals surface area contributed by atoms with Crippen LogP contribution < -0.4 is 21.1 Å². The van der Waals surface area contributed by atoms with Crippen molar-refractivity contribution in [2.24, 2.45) is 0 Å². The smallest absolute Gasteiger partial charge is 0.298 e. The molecule has 0 aromatic heterocycles. The molecule has 0 bridgehead atoms. The third kappa shape index (κ3) is 4.95. The number of sulfonamides is 1. The van der Waals surface area contributed by atoms with E-state index in [2.05, 4.69) is 10.9 Å². The fourth-order valence-corrected chi connectivity index (χ4v) is 2.52. The molecule has 2 rings (SSSR count). The Labute approximate surface area is 143 Å². The van der Waals surface area contributed by atoms with E-state index >= 15 is 0 Å². The first-order valence-corrected chi connectivity index (χ1v) is 8.43. The number of amides is 2. The molecule has 10 heteroatoms. The number of hydrogen-bond acceptors (Lipinski definition) is 5. The predicted molar refractivity (Wildman–Crippen MR) is 88.1 cm³/mol. The van der Waals surface area contributed by atoms with Gasteiger partial charge in [-0.1, -0.05) is 29.8 Å². The van der Waals surface area contributed by atoms with Crippen molar-refractivity contribution >= 4 is 39.1 Å². The molecule has 0 saturated carbocycles. The average molecular weight is 369 g/mol. The fraction of sp³-hybridized carbons (Fsp3) is 0. The third-order valence-corrected chi connectivity index (χ3v) is 4.24. The van der Waals surface area contributed by atoms with Crippen molar-refractivity contribution in [3.63, 3.8) is 0 Å². The standard InChI is InChI=1S/C14H13ClN4O4S/c15-10-6-8-12(9-7-10)24(22,23)19-18-14(21)13(20)17-16-11-4-2-1-3-5-11/h1-9,16,19H,(H,17,20)(H,18,21). The Morgan fingerprint density at radius 1 is 0.833 bits per heavy atom. The number of rotatable bonds is 5. The van der Waals surface area contributed by atoms with Crippen LogP contribution >= 0.6 is 11.6 Å². The van der Waals surface area contributed by atoms with E-state index < -0.39 is 21.8 Å². The van der Waals surface area contributed by atoms with Crippen LogP contribution in [-0.2, 0) is 19.6 Å². The summed E-state index contributed by atoms with van der Waals surface area (Å²) in [6.07, 6.45) is 0. The summed E-state index contributed by atoms with van der Waals surface area (Å²) in [4.78, 5) is 24.9. The molecule has 2 aromatic rings. The van der Waals surface area contributed by atoms with Crippen LogP contribution in [0.1, 0.15) is 0 Å². The number of para-hydroxylation sites is 1. The maximum atomic E-state index is 11.9. The number of hydrogen-bond donors (Lipinski definition) is 4. The third-order valence-electron chi connectivity index (χ3n) is 2.72. The maximum Gasteiger partial charge on any atom is 0.329 e. The van der Waals surface area contributed by atoms with Crippen molar-refractivity contribution in [3.05, 3.63) is 59.6 Å². The van der Waals surface area contributed by atoms with Crippen LogP contribution in [0, 0.1) is 0 Å².